The van der Waals surface area contributed by atoms with E-state index < -0.39 is 0 Å². The molecule has 1 aliphatic heterocycles. The monoisotopic (exact) mass is 336 g/mol. The maximum absolute atomic E-state index is 5.69. The van der Waals surface area contributed by atoms with E-state index in [9.17, 15) is 0 Å². The fourth-order valence-electron chi connectivity index (χ4n) is 2.52. The van der Waals surface area contributed by atoms with Gasteiger partial charge >= 0.3 is 0 Å². The lowest BCUT2D eigenvalue weighted by Gasteiger charge is -2.33. The van der Waals surface area contributed by atoms with Crippen LogP contribution in [-0.2, 0) is 4.74 Å². The minimum Gasteiger partial charge on any atom is -0.497 e. The number of nitrogens with zero attached hydrogens (tertiary/aromatic N) is 2. The Bertz CT molecular complexity index is 605. The van der Waals surface area contributed by atoms with Crippen molar-refractivity contribution in [3.05, 3.63) is 30.5 Å². The third kappa shape index (κ3) is 2.60. The van der Waals surface area contributed by atoms with Crippen LogP contribution in [0.4, 0.5) is 5.82 Å². The molecule has 1 saturated heterocycles. The highest BCUT2D eigenvalue weighted by atomic mass is 79.9. The molecule has 0 radical (unpaired) electrons. The van der Waals surface area contributed by atoms with Gasteiger partial charge in [0.15, 0.2) is 0 Å². The Morgan fingerprint density at radius 2 is 2.35 bits per heavy atom. The molecular formula is C15H17BrN2O2. The maximum Gasteiger partial charge on any atom is 0.136 e. The predicted molar refractivity (Wildman–Crippen MR) is 84.0 cm³/mol. The summed E-state index contributed by atoms with van der Waals surface area (Å²) in [5.41, 5.74) is 0. The molecule has 1 aromatic carbocycles. The summed E-state index contributed by atoms with van der Waals surface area (Å²) in [6.07, 6.45) is 2.08. The lowest BCUT2D eigenvalue weighted by Crippen LogP contribution is -2.43. The smallest absolute Gasteiger partial charge is 0.136 e. The van der Waals surface area contributed by atoms with Crippen molar-refractivity contribution in [2.45, 2.75) is 6.10 Å². The molecular weight excluding hydrogens is 320 g/mol. The van der Waals surface area contributed by atoms with Crippen molar-refractivity contribution in [1.29, 1.82) is 0 Å². The molecule has 0 saturated carbocycles. The molecule has 0 spiro atoms. The van der Waals surface area contributed by atoms with Gasteiger partial charge in [-0.2, -0.15) is 0 Å². The Kier molecular flexibility index (Phi) is 4.08. The zero-order valence-electron chi connectivity index (χ0n) is 11.4. The van der Waals surface area contributed by atoms with E-state index in [4.69, 9.17) is 9.47 Å². The van der Waals surface area contributed by atoms with Crippen molar-refractivity contribution >= 4 is 32.5 Å². The molecule has 0 amide bonds. The first-order valence-electron chi connectivity index (χ1n) is 6.67. The molecule has 4 nitrogen and oxygen atoms in total. The van der Waals surface area contributed by atoms with Gasteiger partial charge in [-0.15, -0.1) is 0 Å². The van der Waals surface area contributed by atoms with E-state index in [1.165, 1.54) is 5.39 Å². The summed E-state index contributed by atoms with van der Waals surface area (Å²) in [7, 11) is 1.69. The Labute approximate surface area is 126 Å². The molecule has 0 bridgehead atoms. The van der Waals surface area contributed by atoms with Gasteiger partial charge in [0.1, 0.15) is 11.6 Å². The number of anilines is 1. The van der Waals surface area contributed by atoms with Gasteiger partial charge in [-0.1, -0.05) is 22.0 Å². The second-order valence-corrected chi connectivity index (χ2v) is 5.46. The van der Waals surface area contributed by atoms with Crippen LogP contribution < -0.4 is 9.64 Å². The second-order valence-electron chi connectivity index (χ2n) is 4.81. The molecule has 3 rings (SSSR count). The van der Waals surface area contributed by atoms with Crippen LogP contribution in [0.3, 0.4) is 0 Å². The van der Waals surface area contributed by atoms with Crippen molar-refractivity contribution in [3.8, 4) is 5.75 Å². The molecule has 0 N–H and O–H groups in total. The van der Waals surface area contributed by atoms with E-state index in [2.05, 4.69) is 37.9 Å². The number of alkyl halides is 1. The Morgan fingerprint density at radius 1 is 1.45 bits per heavy atom. The predicted octanol–water partition coefficient (Wildman–Crippen LogP) is 2.84. The van der Waals surface area contributed by atoms with Gasteiger partial charge in [0.25, 0.3) is 0 Å². The number of morpholine rings is 1. The first-order chi connectivity index (χ1) is 9.81. The van der Waals surface area contributed by atoms with Crippen molar-refractivity contribution in [3.63, 3.8) is 0 Å². The van der Waals surface area contributed by atoms with Gasteiger partial charge in [-0.25, -0.2) is 4.98 Å². The van der Waals surface area contributed by atoms with Crippen LogP contribution in [0.25, 0.3) is 10.8 Å². The van der Waals surface area contributed by atoms with Gasteiger partial charge in [0, 0.05) is 30.0 Å². The van der Waals surface area contributed by atoms with E-state index in [0.29, 0.717) is 0 Å². The van der Waals surface area contributed by atoms with E-state index >= 15 is 0 Å². The van der Waals surface area contributed by atoms with Crippen LogP contribution in [-0.4, -0.2) is 43.2 Å². The summed E-state index contributed by atoms with van der Waals surface area (Å²) < 4.78 is 11.0. The Morgan fingerprint density at radius 3 is 3.15 bits per heavy atom. The maximum atomic E-state index is 5.69. The van der Waals surface area contributed by atoms with Crippen LogP contribution >= 0.6 is 15.9 Å². The van der Waals surface area contributed by atoms with E-state index in [0.717, 1.165) is 42.0 Å². The average molecular weight is 337 g/mol. The van der Waals surface area contributed by atoms with Crippen LogP contribution in [0.1, 0.15) is 0 Å². The van der Waals surface area contributed by atoms with Crippen LogP contribution in [0, 0.1) is 0 Å². The zero-order chi connectivity index (χ0) is 13.9. The summed E-state index contributed by atoms with van der Waals surface area (Å²) >= 11 is 3.49. The summed E-state index contributed by atoms with van der Waals surface area (Å²) in [5.74, 6) is 1.87. The van der Waals surface area contributed by atoms with Gasteiger partial charge < -0.3 is 14.4 Å². The first kappa shape index (κ1) is 13.6. The van der Waals surface area contributed by atoms with Crippen molar-refractivity contribution in [1.82, 2.24) is 4.98 Å². The Hall–Kier alpha value is -1.33. The number of rotatable bonds is 3. The number of fused-ring (bicyclic) bond motifs is 1. The third-order valence-electron chi connectivity index (χ3n) is 3.56. The second kappa shape index (κ2) is 5.97. The van der Waals surface area contributed by atoms with Crippen molar-refractivity contribution in [2.24, 2.45) is 0 Å². The Balaban J connectivity index is 2.01. The fraction of sp³-hybridized carbons (Fsp3) is 0.400. The average Bonchev–Trinajstić information content (AvgIpc) is 2.53. The number of pyridine rings is 1. The topological polar surface area (TPSA) is 34.6 Å². The lowest BCUT2D eigenvalue weighted by molar-refractivity contribution is 0.0569. The lowest BCUT2D eigenvalue weighted by atomic mass is 10.1. The molecule has 1 fully saturated rings. The molecule has 20 heavy (non-hydrogen) atoms. The highest BCUT2D eigenvalue weighted by molar-refractivity contribution is 9.09. The number of benzene rings is 1. The molecule has 0 aliphatic carbocycles. The number of hydrogen-bond donors (Lipinski definition) is 0. The summed E-state index contributed by atoms with van der Waals surface area (Å²) in [6.45, 7) is 2.46. The largest absolute Gasteiger partial charge is 0.497 e. The van der Waals surface area contributed by atoms with E-state index in [1.54, 1.807) is 7.11 Å². The highest BCUT2D eigenvalue weighted by Gasteiger charge is 2.22. The minimum absolute atomic E-state index is 0.214. The molecule has 2 heterocycles. The first-order valence-corrected chi connectivity index (χ1v) is 7.79. The number of methoxy groups -OCH3 is 1. The molecule has 2 aromatic rings. The summed E-state index contributed by atoms with van der Waals surface area (Å²) in [5, 5.41) is 3.15. The van der Waals surface area contributed by atoms with Crippen LogP contribution in [0.15, 0.2) is 30.5 Å². The summed E-state index contributed by atoms with van der Waals surface area (Å²) in [6, 6.07) is 8.13. The molecule has 1 aromatic heterocycles. The molecule has 5 heteroatoms. The van der Waals surface area contributed by atoms with Crippen molar-refractivity contribution in [2.75, 3.05) is 37.0 Å². The van der Waals surface area contributed by atoms with Gasteiger partial charge in [0.05, 0.1) is 19.8 Å². The number of hydrogen-bond acceptors (Lipinski definition) is 4. The summed E-state index contributed by atoms with van der Waals surface area (Å²) in [4.78, 5) is 6.86. The number of ether oxygens (including phenoxy) is 2. The van der Waals surface area contributed by atoms with Crippen LogP contribution in [0.5, 0.6) is 5.75 Å². The standard InChI is InChI=1S/C15H17BrN2O2/c1-19-12-3-2-11-4-5-17-15(14(11)8-12)18-6-7-20-13(9-16)10-18/h2-5,8,13H,6-7,9-10H2,1H3. The molecule has 1 aliphatic rings. The zero-order valence-corrected chi connectivity index (χ0v) is 13.0. The normalized spacial score (nSPS) is 19.3. The SMILES string of the molecule is COc1ccc2ccnc(N3CCOC(CBr)C3)c2c1. The van der Waals surface area contributed by atoms with Gasteiger partial charge in [-0.05, 0) is 23.6 Å². The van der Waals surface area contributed by atoms with Crippen molar-refractivity contribution < 1.29 is 9.47 Å². The van der Waals surface area contributed by atoms with E-state index in [-0.39, 0.29) is 6.10 Å². The quantitative estimate of drug-likeness (QED) is 0.807. The molecule has 1 atom stereocenters. The fourth-order valence-corrected chi connectivity index (χ4v) is 2.91. The molecule has 106 valence electrons. The van der Waals surface area contributed by atoms with Gasteiger partial charge in [-0.3, -0.25) is 0 Å². The third-order valence-corrected chi connectivity index (χ3v) is 4.28. The number of halogens is 1. The number of aromatic nitrogens is 1. The highest BCUT2D eigenvalue weighted by Crippen LogP contribution is 2.29. The van der Waals surface area contributed by atoms with Gasteiger partial charge in [0.2, 0.25) is 0 Å². The minimum atomic E-state index is 0.214. The van der Waals surface area contributed by atoms with Crippen LogP contribution in [0.2, 0.25) is 0 Å². The molecule has 1 unspecified atom stereocenters. The van der Waals surface area contributed by atoms with E-state index in [1.807, 2.05) is 18.3 Å².